The molecule has 27 heavy (non-hydrogen) atoms. The maximum absolute atomic E-state index is 12.1. The highest BCUT2D eigenvalue weighted by molar-refractivity contribution is 5.76. The minimum absolute atomic E-state index is 0.0482. The SMILES string of the molecule is CC(C)=CCN1CCC2(CC[C@H](CNC(=O)CCc3cnn(C)c3)O2)CC1. The lowest BCUT2D eigenvalue weighted by Crippen LogP contribution is -2.45. The number of ether oxygens (including phenoxy) is 1. The number of amides is 1. The van der Waals surface area contributed by atoms with Gasteiger partial charge in [0.1, 0.15) is 0 Å². The van der Waals surface area contributed by atoms with E-state index in [1.807, 2.05) is 19.4 Å². The van der Waals surface area contributed by atoms with Crippen LogP contribution in [-0.2, 0) is 23.0 Å². The molecule has 0 aromatic carbocycles. The third-order valence-electron chi connectivity index (χ3n) is 5.79. The van der Waals surface area contributed by atoms with Crippen molar-refractivity contribution in [2.45, 2.75) is 64.1 Å². The molecule has 6 heteroatoms. The highest BCUT2D eigenvalue weighted by Gasteiger charge is 2.42. The minimum atomic E-state index is 0.0482. The maximum atomic E-state index is 12.1. The summed E-state index contributed by atoms with van der Waals surface area (Å²) in [5.41, 5.74) is 2.53. The van der Waals surface area contributed by atoms with Crippen LogP contribution in [0.25, 0.3) is 0 Å². The lowest BCUT2D eigenvalue weighted by atomic mass is 9.88. The number of nitrogens with one attached hydrogen (secondary N) is 1. The van der Waals surface area contributed by atoms with E-state index in [9.17, 15) is 4.79 Å². The summed E-state index contributed by atoms with van der Waals surface area (Å²) in [6.45, 7) is 8.20. The maximum Gasteiger partial charge on any atom is 0.220 e. The van der Waals surface area contributed by atoms with Crippen LogP contribution < -0.4 is 5.32 Å². The van der Waals surface area contributed by atoms with Crippen LogP contribution in [0.15, 0.2) is 24.0 Å². The van der Waals surface area contributed by atoms with Crippen molar-refractivity contribution in [3.05, 3.63) is 29.6 Å². The Morgan fingerprint density at radius 2 is 2.15 bits per heavy atom. The van der Waals surface area contributed by atoms with E-state index in [-0.39, 0.29) is 17.6 Å². The molecule has 0 bridgehead atoms. The van der Waals surface area contributed by atoms with E-state index >= 15 is 0 Å². The molecule has 1 N–H and O–H groups in total. The van der Waals surface area contributed by atoms with Gasteiger partial charge in [0.15, 0.2) is 0 Å². The average molecular weight is 375 g/mol. The van der Waals surface area contributed by atoms with Gasteiger partial charge in [-0.2, -0.15) is 5.10 Å². The summed E-state index contributed by atoms with van der Waals surface area (Å²) >= 11 is 0. The molecule has 2 saturated heterocycles. The molecular formula is C21H34N4O2. The van der Waals surface area contributed by atoms with Gasteiger partial charge in [-0.25, -0.2) is 0 Å². The van der Waals surface area contributed by atoms with Crippen LogP contribution >= 0.6 is 0 Å². The minimum Gasteiger partial charge on any atom is -0.370 e. The van der Waals surface area contributed by atoms with E-state index in [1.165, 1.54) is 5.57 Å². The molecule has 2 aliphatic rings. The number of piperidine rings is 1. The number of hydrogen-bond acceptors (Lipinski definition) is 4. The molecule has 0 aliphatic carbocycles. The molecule has 0 radical (unpaired) electrons. The lowest BCUT2D eigenvalue weighted by molar-refractivity contribution is -0.122. The zero-order valence-electron chi connectivity index (χ0n) is 17.0. The first-order valence-corrected chi connectivity index (χ1v) is 10.2. The Kier molecular flexibility index (Phi) is 6.71. The topological polar surface area (TPSA) is 59.4 Å². The van der Waals surface area contributed by atoms with E-state index in [4.69, 9.17) is 4.74 Å². The van der Waals surface area contributed by atoms with E-state index in [2.05, 4.69) is 35.2 Å². The summed E-state index contributed by atoms with van der Waals surface area (Å²) < 4.78 is 8.18. The number of hydrogen-bond donors (Lipinski definition) is 1. The number of aromatic nitrogens is 2. The van der Waals surface area contributed by atoms with Crippen molar-refractivity contribution in [1.29, 1.82) is 0 Å². The Morgan fingerprint density at radius 3 is 2.81 bits per heavy atom. The zero-order valence-corrected chi connectivity index (χ0v) is 17.0. The van der Waals surface area contributed by atoms with Crippen LogP contribution in [0.3, 0.4) is 0 Å². The molecule has 6 nitrogen and oxygen atoms in total. The number of likely N-dealkylation sites (tertiary alicyclic amines) is 1. The molecule has 1 atom stereocenters. The number of aryl methyl sites for hydroxylation is 2. The average Bonchev–Trinajstić information content (AvgIpc) is 3.24. The summed E-state index contributed by atoms with van der Waals surface area (Å²) in [7, 11) is 1.89. The highest BCUT2D eigenvalue weighted by atomic mass is 16.5. The fraction of sp³-hybridized carbons (Fsp3) is 0.714. The second-order valence-corrected chi connectivity index (χ2v) is 8.37. The van der Waals surface area contributed by atoms with Crippen molar-refractivity contribution in [1.82, 2.24) is 20.0 Å². The summed E-state index contributed by atoms with van der Waals surface area (Å²) in [5.74, 6) is 0.0972. The Hall–Kier alpha value is -1.66. The van der Waals surface area contributed by atoms with Gasteiger partial charge in [0.2, 0.25) is 5.91 Å². The molecule has 1 aromatic rings. The molecule has 1 spiro atoms. The van der Waals surface area contributed by atoms with E-state index in [0.29, 0.717) is 13.0 Å². The fourth-order valence-corrected chi connectivity index (χ4v) is 4.04. The van der Waals surface area contributed by atoms with Gasteiger partial charge < -0.3 is 10.1 Å². The smallest absolute Gasteiger partial charge is 0.220 e. The zero-order chi connectivity index (χ0) is 19.3. The van der Waals surface area contributed by atoms with Crippen LogP contribution in [0.4, 0.5) is 0 Å². The number of allylic oxidation sites excluding steroid dienone is 1. The van der Waals surface area contributed by atoms with E-state index in [0.717, 1.165) is 57.3 Å². The van der Waals surface area contributed by atoms with Crippen molar-refractivity contribution >= 4 is 5.91 Å². The molecular weight excluding hydrogens is 340 g/mol. The van der Waals surface area contributed by atoms with Gasteiger partial charge in [0, 0.05) is 45.8 Å². The third-order valence-corrected chi connectivity index (χ3v) is 5.79. The number of carbonyl (C=O) groups excluding carboxylic acids is 1. The highest BCUT2D eigenvalue weighted by Crippen LogP contribution is 2.38. The second kappa shape index (κ2) is 9.02. The Morgan fingerprint density at radius 1 is 1.37 bits per heavy atom. The first kappa shape index (κ1) is 20.1. The van der Waals surface area contributed by atoms with Gasteiger partial charge in [-0.15, -0.1) is 0 Å². The van der Waals surface area contributed by atoms with Crippen molar-refractivity contribution in [3.8, 4) is 0 Å². The van der Waals surface area contributed by atoms with Gasteiger partial charge >= 0.3 is 0 Å². The molecule has 3 rings (SSSR count). The summed E-state index contributed by atoms with van der Waals surface area (Å²) in [6, 6.07) is 0. The normalized spacial score (nSPS) is 22.1. The van der Waals surface area contributed by atoms with Crippen LogP contribution in [0, 0.1) is 0 Å². The van der Waals surface area contributed by atoms with Gasteiger partial charge in [-0.1, -0.05) is 11.6 Å². The first-order valence-electron chi connectivity index (χ1n) is 10.2. The molecule has 2 fully saturated rings. The van der Waals surface area contributed by atoms with Crippen molar-refractivity contribution in [2.75, 3.05) is 26.2 Å². The van der Waals surface area contributed by atoms with Crippen molar-refractivity contribution in [3.63, 3.8) is 0 Å². The van der Waals surface area contributed by atoms with Crippen LogP contribution in [0.5, 0.6) is 0 Å². The fourth-order valence-electron chi connectivity index (χ4n) is 4.04. The number of rotatable bonds is 7. The molecule has 1 aromatic heterocycles. The first-order chi connectivity index (χ1) is 12.9. The Bertz CT molecular complexity index is 655. The van der Waals surface area contributed by atoms with E-state index < -0.39 is 0 Å². The summed E-state index contributed by atoms with van der Waals surface area (Å²) in [5, 5.41) is 7.19. The Labute approximate surface area is 162 Å². The molecule has 2 aliphatic heterocycles. The van der Waals surface area contributed by atoms with Crippen LogP contribution in [-0.4, -0.2) is 58.5 Å². The predicted molar refractivity (Wildman–Crippen MR) is 106 cm³/mol. The predicted octanol–water partition coefficient (Wildman–Crippen LogP) is 2.45. The van der Waals surface area contributed by atoms with Gasteiger partial charge in [-0.05, 0) is 51.5 Å². The molecule has 0 unspecified atom stereocenters. The van der Waals surface area contributed by atoms with Gasteiger partial charge in [0.05, 0.1) is 17.9 Å². The molecule has 1 amide bonds. The molecule has 0 saturated carbocycles. The number of carbonyl (C=O) groups is 1. The second-order valence-electron chi connectivity index (χ2n) is 8.37. The van der Waals surface area contributed by atoms with Crippen molar-refractivity contribution in [2.24, 2.45) is 7.05 Å². The largest absolute Gasteiger partial charge is 0.370 e. The van der Waals surface area contributed by atoms with Gasteiger partial charge in [-0.3, -0.25) is 14.4 Å². The molecule has 3 heterocycles. The summed E-state index contributed by atoms with van der Waals surface area (Å²) in [4.78, 5) is 14.6. The van der Waals surface area contributed by atoms with Crippen molar-refractivity contribution < 1.29 is 9.53 Å². The molecule has 150 valence electrons. The number of nitrogens with zero attached hydrogens (tertiary/aromatic N) is 3. The van der Waals surface area contributed by atoms with Gasteiger partial charge in [0.25, 0.3) is 0 Å². The quantitative estimate of drug-likeness (QED) is 0.745. The van der Waals surface area contributed by atoms with Crippen LogP contribution in [0.1, 0.15) is 51.5 Å². The third kappa shape index (κ3) is 5.91. The lowest BCUT2D eigenvalue weighted by Gasteiger charge is -2.39. The van der Waals surface area contributed by atoms with E-state index in [1.54, 1.807) is 4.68 Å². The Balaban J connectivity index is 1.35. The summed E-state index contributed by atoms with van der Waals surface area (Å²) in [6.07, 6.45) is 11.9. The van der Waals surface area contributed by atoms with Crippen LogP contribution in [0.2, 0.25) is 0 Å². The monoisotopic (exact) mass is 374 g/mol. The standard InChI is InChI=1S/C21H34N4O2/c1-17(2)7-11-25-12-9-21(10-13-25)8-6-19(27-21)15-22-20(26)5-4-18-14-23-24(3)16-18/h7,14,16,19H,4-6,8-13,15H2,1-3H3,(H,22,26)/t19-/m1/s1.